The summed E-state index contributed by atoms with van der Waals surface area (Å²) in [5.74, 6) is 0.823. The van der Waals surface area contributed by atoms with Gasteiger partial charge in [-0.2, -0.15) is 0 Å². The number of sulfonamides is 1. The van der Waals surface area contributed by atoms with Crippen molar-refractivity contribution in [1.82, 2.24) is 4.72 Å². The highest BCUT2D eigenvalue weighted by molar-refractivity contribution is 7.90. The molecule has 2 aromatic carbocycles. The molecular formula is C31H39ClN2O6S. The van der Waals surface area contributed by atoms with Gasteiger partial charge in [-0.25, -0.2) is 13.1 Å². The van der Waals surface area contributed by atoms with E-state index in [1.54, 1.807) is 18.2 Å². The Morgan fingerprint density at radius 1 is 1.02 bits per heavy atom. The van der Waals surface area contributed by atoms with E-state index >= 15 is 0 Å². The number of ether oxygens (including phenoxy) is 3. The average Bonchev–Trinajstić information content (AvgIpc) is 2.95. The summed E-state index contributed by atoms with van der Waals surface area (Å²) in [5, 5.41) is 0.721. The topological polar surface area (TPSA) is 94.2 Å². The second-order valence-electron chi connectivity index (χ2n) is 12.0. The lowest BCUT2D eigenvalue weighted by atomic mass is 9.68. The van der Waals surface area contributed by atoms with Gasteiger partial charge in [0.1, 0.15) is 12.4 Å². The smallest absolute Gasteiger partial charge is 0.264 e. The summed E-state index contributed by atoms with van der Waals surface area (Å²) in [6.45, 7) is 4.74. The van der Waals surface area contributed by atoms with Crippen LogP contribution >= 0.6 is 11.6 Å². The van der Waals surface area contributed by atoms with Gasteiger partial charge < -0.3 is 19.1 Å². The molecule has 6 rings (SSSR count). The van der Waals surface area contributed by atoms with E-state index in [2.05, 4.69) is 16.5 Å². The Hall–Kier alpha value is -2.33. The third kappa shape index (κ3) is 6.53. The minimum absolute atomic E-state index is 0.0386. The van der Waals surface area contributed by atoms with Crippen LogP contribution in [0.15, 0.2) is 36.4 Å². The number of hydrogen-bond acceptors (Lipinski definition) is 7. The molecule has 3 heterocycles. The van der Waals surface area contributed by atoms with Crippen LogP contribution < -0.4 is 14.4 Å². The van der Waals surface area contributed by atoms with Crippen LogP contribution in [0.25, 0.3) is 0 Å². The summed E-state index contributed by atoms with van der Waals surface area (Å²) in [6.07, 6.45) is 5.91. The number of hydrogen-bond donors (Lipinski definition) is 1. The summed E-state index contributed by atoms with van der Waals surface area (Å²) >= 11 is 6.31. The van der Waals surface area contributed by atoms with Crippen molar-refractivity contribution < 1.29 is 27.4 Å². The average molecular weight is 603 g/mol. The van der Waals surface area contributed by atoms with Crippen molar-refractivity contribution in [2.45, 2.75) is 64.3 Å². The van der Waals surface area contributed by atoms with Crippen molar-refractivity contribution >= 4 is 33.2 Å². The highest BCUT2D eigenvalue weighted by Crippen LogP contribution is 2.44. The van der Waals surface area contributed by atoms with Gasteiger partial charge in [-0.05, 0) is 85.4 Å². The molecule has 1 saturated heterocycles. The second-order valence-corrected chi connectivity index (χ2v) is 14.3. The van der Waals surface area contributed by atoms with Crippen LogP contribution in [-0.2, 0) is 32.5 Å². The SMILES string of the molecule is C[C@H]1CO[C@@H]2C[C@H]1OCCS(=O)(=O)NC(=O)c1ccc3c(c1)N(CCCCc1cc(Cl)ccc1CO3)C[C@@H]1CC[C@H]12. The highest BCUT2D eigenvalue weighted by Gasteiger charge is 2.42. The Morgan fingerprint density at radius 2 is 1.90 bits per heavy atom. The Morgan fingerprint density at radius 3 is 2.73 bits per heavy atom. The molecule has 2 fully saturated rings. The molecule has 1 N–H and O–H groups in total. The van der Waals surface area contributed by atoms with E-state index in [-0.39, 0.29) is 36.0 Å². The number of aryl methyl sites for hydroxylation is 1. The maximum absolute atomic E-state index is 13.2. The van der Waals surface area contributed by atoms with E-state index < -0.39 is 15.9 Å². The summed E-state index contributed by atoms with van der Waals surface area (Å²) in [5.41, 5.74) is 3.40. The first kappa shape index (κ1) is 28.8. The number of nitrogens with one attached hydrogen (secondary N) is 1. The molecule has 3 aliphatic heterocycles. The van der Waals surface area contributed by atoms with Gasteiger partial charge in [-0.1, -0.05) is 24.6 Å². The molecular weight excluding hydrogens is 564 g/mol. The quantitative estimate of drug-likeness (QED) is 0.455. The lowest BCUT2D eigenvalue weighted by Crippen LogP contribution is -2.49. The second kappa shape index (κ2) is 12.1. The standard InChI is InChI=1S/C31H39ClN2O6S/c1-20-18-39-30-16-29(20)38-12-13-41(36,37)33-31(35)22-7-10-28-27(15-22)34(17-23-6-9-26(23)30)11-3-2-4-21-14-25(32)8-5-24(21)19-40-28/h5,7-8,10,14-15,20,23,26,29-30H,2-4,6,9,11-13,16-19H2,1H3,(H,33,35)/t20-,23-,26+,29+,30+/m0/s1. The van der Waals surface area contributed by atoms with Crippen molar-refractivity contribution in [1.29, 1.82) is 0 Å². The number of carbonyl (C=O) groups is 1. The first-order valence-electron chi connectivity index (χ1n) is 14.8. The molecule has 0 aromatic heterocycles. The number of rotatable bonds is 0. The number of amides is 1. The van der Waals surface area contributed by atoms with Crippen LogP contribution in [0.2, 0.25) is 5.02 Å². The van der Waals surface area contributed by atoms with Gasteiger partial charge >= 0.3 is 0 Å². The molecule has 1 saturated carbocycles. The van der Waals surface area contributed by atoms with E-state index in [1.807, 2.05) is 18.2 Å². The number of nitrogens with zero attached hydrogens (tertiary/aromatic N) is 1. The van der Waals surface area contributed by atoms with Crippen LogP contribution in [0.3, 0.4) is 0 Å². The van der Waals surface area contributed by atoms with Crippen LogP contribution in [0.5, 0.6) is 5.75 Å². The van der Waals surface area contributed by atoms with Gasteiger partial charge in [-0.3, -0.25) is 4.79 Å². The Bertz CT molecular complexity index is 1380. The van der Waals surface area contributed by atoms with Gasteiger partial charge in [0.05, 0.1) is 36.9 Å². The van der Waals surface area contributed by atoms with Crippen LogP contribution in [0.4, 0.5) is 5.69 Å². The Labute approximate surface area is 247 Å². The summed E-state index contributed by atoms with van der Waals surface area (Å²) in [6, 6.07) is 11.1. The zero-order chi connectivity index (χ0) is 28.6. The zero-order valence-corrected chi connectivity index (χ0v) is 25.1. The molecule has 1 aliphatic carbocycles. The Balaban J connectivity index is 1.35. The molecule has 5 atom stereocenters. The molecule has 0 unspecified atom stereocenters. The van der Waals surface area contributed by atoms with Crippen LogP contribution in [0.1, 0.15) is 60.5 Å². The number of anilines is 1. The maximum atomic E-state index is 13.2. The van der Waals surface area contributed by atoms with E-state index in [4.69, 9.17) is 25.8 Å². The normalized spacial score (nSPS) is 30.3. The summed E-state index contributed by atoms with van der Waals surface area (Å²) in [4.78, 5) is 15.5. The van der Waals surface area contributed by atoms with E-state index in [9.17, 15) is 13.2 Å². The van der Waals surface area contributed by atoms with Crippen molar-refractivity contribution in [2.24, 2.45) is 17.8 Å². The first-order chi connectivity index (χ1) is 19.8. The van der Waals surface area contributed by atoms with Gasteiger partial charge in [0.2, 0.25) is 10.0 Å². The van der Waals surface area contributed by atoms with Gasteiger partial charge in [0.15, 0.2) is 0 Å². The summed E-state index contributed by atoms with van der Waals surface area (Å²) in [7, 11) is -3.87. The van der Waals surface area contributed by atoms with Crippen LogP contribution in [0, 0.1) is 17.8 Å². The van der Waals surface area contributed by atoms with Crippen molar-refractivity contribution in [3.05, 3.63) is 58.1 Å². The number of benzene rings is 2. The molecule has 2 aromatic rings. The fourth-order valence-electron chi connectivity index (χ4n) is 6.68. The van der Waals surface area contributed by atoms with Crippen molar-refractivity contribution in [2.75, 3.05) is 37.0 Å². The van der Waals surface area contributed by atoms with E-state index in [0.29, 0.717) is 30.8 Å². The number of fused-ring (bicyclic) bond motifs is 6. The lowest BCUT2D eigenvalue weighted by molar-refractivity contribution is -0.139. The van der Waals surface area contributed by atoms with Crippen LogP contribution in [-0.4, -0.2) is 58.6 Å². The molecule has 0 radical (unpaired) electrons. The van der Waals surface area contributed by atoms with E-state index in [1.165, 1.54) is 5.56 Å². The third-order valence-corrected chi connectivity index (χ3v) is 10.7. The molecule has 0 spiro atoms. The predicted molar refractivity (Wildman–Crippen MR) is 158 cm³/mol. The third-order valence-electron chi connectivity index (χ3n) is 9.25. The number of halogens is 1. The van der Waals surface area contributed by atoms with E-state index in [0.717, 1.165) is 67.9 Å². The minimum atomic E-state index is -3.87. The van der Waals surface area contributed by atoms with Gasteiger partial charge in [0.25, 0.3) is 5.91 Å². The van der Waals surface area contributed by atoms with Gasteiger partial charge in [0, 0.05) is 36.0 Å². The highest BCUT2D eigenvalue weighted by atomic mass is 35.5. The molecule has 4 bridgehead atoms. The number of carbonyl (C=O) groups excluding carboxylic acids is 1. The molecule has 4 aliphatic rings. The fourth-order valence-corrected chi connectivity index (χ4v) is 7.69. The fraction of sp³-hybridized carbons (Fsp3) is 0.581. The lowest BCUT2D eigenvalue weighted by Gasteiger charge is -2.47. The Kier molecular flexibility index (Phi) is 8.50. The molecule has 222 valence electrons. The summed E-state index contributed by atoms with van der Waals surface area (Å²) < 4.78 is 46.7. The van der Waals surface area contributed by atoms with Crippen molar-refractivity contribution in [3.8, 4) is 5.75 Å². The van der Waals surface area contributed by atoms with Crippen molar-refractivity contribution in [3.63, 3.8) is 0 Å². The molecule has 1 amide bonds. The zero-order valence-electron chi connectivity index (χ0n) is 23.5. The largest absolute Gasteiger partial charge is 0.487 e. The monoisotopic (exact) mass is 602 g/mol. The molecule has 10 heteroatoms. The van der Waals surface area contributed by atoms with Gasteiger partial charge in [-0.15, -0.1) is 0 Å². The maximum Gasteiger partial charge on any atom is 0.264 e. The first-order valence-corrected chi connectivity index (χ1v) is 16.9. The minimum Gasteiger partial charge on any atom is -0.487 e. The molecule has 41 heavy (non-hydrogen) atoms. The molecule has 8 nitrogen and oxygen atoms in total. The predicted octanol–water partition coefficient (Wildman–Crippen LogP) is 4.97.